The van der Waals surface area contributed by atoms with Gasteiger partial charge < -0.3 is 15.4 Å². The minimum atomic E-state index is -0.956. The molecule has 0 aliphatic heterocycles. The summed E-state index contributed by atoms with van der Waals surface area (Å²) in [5.41, 5.74) is 5.94. The van der Waals surface area contributed by atoms with Crippen molar-refractivity contribution in [2.75, 3.05) is 17.2 Å². The second kappa shape index (κ2) is 11.6. The van der Waals surface area contributed by atoms with Gasteiger partial charge in [0.25, 0.3) is 5.91 Å². The van der Waals surface area contributed by atoms with Crippen LogP contribution in [0.4, 0.5) is 11.4 Å². The maximum Gasteiger partial charge on any atom is 0.329 e. The zero-order chi connectivity index (χ0) is 24.5. The van der Waals surface area contributed by atoms with E-state index in [1.54, 1.807) is 42.5 Å². The van der Waals surface area contributed by atoms with Gasteiger partial charge in [-0.15, -0.1) is 0 Å². The monoisotopic (exact) mass is 478 g/mol. The number of nitrogens with one attached hydrogen (secondary N) is 3. The molecule has 0 bridgehead atoms. The first-order valence-corrected chi connectivity index (χ1v) is 10.7. The second-order valence-corrected chi connectivity index (χ2v) is 7.77. The average molecular weight is 479 g/mol. The van der Waals surface area contributed by atoms with E-state index in [4.69, 9.17) is 16.3 Å². The summed E-state index contributed by atoms with van der Waals surface area (Å²) < 4.78 is 5.61. The molecular weight excluding hydrogens is 456 g/mol. The first-order chi connectivity index (χ1) is 16.3. The fourth-order valence-corrected chi connectivity index (χ4v) is 3.03. The third-order valence-electron chi connectivity index (χ3n) is 4.73. The van der Waals surface area contributed by atoms with Crippen molar-refractivity contribution in [3.05, 3.63) is 88.4 Å². The number of halogens is 1. The lowest BCUT2D eigenvalue weighted by molar-refractivity contribution is -0.136. The van der Waals surface area contributed by atoms with Crippen LogP contribution >= 0.6 is 11.6 Å². The van der Waals surface area contributed by atoms with Crippen molar-refractivity contribution in [1.29, 1.82) is 0 Å². The van der Waals surface area contributed by atoms with E-state index in [1.807, 2.05) is 32.0 Å². The molecule has 0 unspecified atom stereocenters. The number of amides is 3. The van der Waals surface area contributed by atoms with Crippen molar-refractivity contribution in [1.82, 2.24) is 5.43 Å². The number of aryl methyl sites for hydroxylation is 2. The summed E-state index contributed by atoms with van der Waals surface area (Å²) in [7, 11) is 0. The van der Waals surface area contributed by atoms with Gasteiger partial charge in [0.2, 0.25) is 0 Å². The summed E-state index contributed by atoms with van der Waals surface area (Å²) >= 11 is 5.86. The van der Waals surface area contributed by atoms with Gasteiger partial charge in [-0.25, -0.2) is 5.43 Å². The largest absolute Gasteiger partial charge is 0.483 e. The fourth-order valence-electron chi connectivity index (χ4n) is 2.84. The summed E-state index contributed by atoms with van der Waals surface area (Å²) in [5, 5.41) is 9.44. The third-order valence-corrected chi connectivity index (χ3v) is 4.96. The second-order valence-electron chi connectivity index (χ2n) is 7.34. The number of para-hydroxylation sites is 1. The standard InChI is InChI=1S/C25H23ClN4O4/c1-16-10-11-21(12-17(16)2)28-23(31)15-34-22-9-4-3-6-18(22)14-27-30-25(33)24(32)29-20-8-5-7-19(26)13-20/h3-14H,15H2,1-2H3,(H,28,31)(H,29,32)(H,30,33)/b27-14-. The Labute approximate surface area is 202 Å². The Hall–Kier alpha value is -4.17. The number of hydrogen-bond donors (Lipinski definition) is 3. The van der Waals surface area contributed by atoms with Crippen LogP contribution < -0.4 is 20.8 Å². The van der Waals surface area contributed by atoms with Crippen molar-refractivity contribution in [3.8, 4) is 5.75 Å². The van der Waals surface area contributed by atoms with Crippen LogP contribution in [-0.4, -0.2) is 30.5 Å². The number of carbonyl (C=O) groups excluding carboxylic acids is 3. The minimum absolute atomic E-state index is 0.216. The topological polar surface area (TPSA) is 109 Å². The summed E-state index contributed by atoms with van der Waals surface area (Å²) in [6.45, 7) is 3.75. The first-order valence-electron chi connectivity index (χ1n) is 10.3. The van der Waals surface area contributed by atoms with Gasteiger partial charge in [0, 0.05) is 22.0 Å². The maximum absolute atomic E-state index is 12.3. The van der Waals surface area contributed by atoms with Crippen molar-refractivity contribution in [3.63, 3.8) is 0 Å². The van der Waals surface area contributed by atoms with Crippen LogP contribution in [0.5, 0.6) is 5.75 Å². The molecule has 0 aromatic heterocycles. The smallest absolute Gasteiger partial charge is 0.329 e. The highest BCUT2D eigenvalue weighted by atomic mass is 35.5. The highest BCUT2D eigenvalue weighted by Gasteiger charge is 2.13. The first kappa shape index (κ1) is 24.5. The molecule has 0 saturated carbocycles. The van der Waals surface area contributed by atoms with Crippen LogP contribution in [0.2, 0.25) is 5.02 Å². The third kappa shape index (κ3) is 7.18. The molecule has 0 fully saturated rings. The van der Waals surface area contributed by atoms with Crippen LogP contribution in [0.25, 0.3) is 0 Å². The molecule has 0 saturated heterocycles. The number of benzene rings is 3. The molecule has 0 aliphatic carbocycles. The molecule has 0 atom stereocenters. The lowest BCUT2D eigenvalue weighted by Crippen LogP contribution is -2.32. The molecule has 8 nitrogen and oxygen atoms in total. The van der Waals surface area contributed by atoms with Crippen LogP contribution in [0.3, 0.4) is 0 Å². The van der Waals surface area contributed by atoms with Crippen LogP contribution in [-0.2, 0) is 14.4 Å². The van der Waals surface area contributed by atoms with Gasteiger partial charge in [0.05, 0.1) is 6.21 Å². The Bertz CT molecular complexity index is 1240. The zero-order valence-electron chi connectivity index (χ0n) is 18.6. The zero-order valence-corrected chi connectivity index (χ0v) is 19.3. The Morgan fingerprint density at radius 2 is 1.65 bits per heavy atom. The van der Waals surface area contributed by atoms with E-state index in [2.05, 4.69) is 21.2 Å². The number of anilines is 2. The number of ether oxygens (including phenoxy) is 1. The summed E-state index contributed by atoms with van der Waals surface area (Å²) in [6, 6.07) is 18.9. The van der Waals surface area contributed by atoms with E-state index >= 15 is 0 Å². The predicted octanol–water partition coefficient (Wildman–Crippen LogP) is 4.06. The van der Waals surface area contributed by atoms with E-state index in [0.29, 0.717) is 27.7 Å². The minimum Gasteiger partial charge on any atom is -0.483 e. The molecule has 3 N–H and O–H groups in total. The molecule has 0 aliphatic rings. The van der Waals surface area contributed by atoms with Gasteiger partial charge in [0.15, 0.2) is 6.61 Å². The van der Waals surface area contributed by atoms with Gasteiger partial charge >= 0.3 is 11.8 Å². The summed E-state index contributed by atoms with van der Waals surface area (Å²) in [4.78, 5) is 36.2. The fraction of sp³-hybridized carbons (Fsp3) is 0.120. The molecule has 0 heterocycles. The summed E-state index contributed by atoms with van der Waals surface area (Å²) in [5.74, 6) is -1.78. The number of nitrogens with zero attached hydrogens (tertiary/aromatic N) is 1. The van der Waals surface area contributed by atoms with Gasteiger partial charge in [-0.2, -0.15) is 5.10 Å². The normalized spacial score (nSPS) is 10.6. The lowest BCUT2D eigenvalue weighted by Gasteiger charge is -2.10. The molecule has 34 heavy (non-hydrogen) atoms. The van der Waals surface area contributed by atoms with Crippen molar-refractivity contribution >= 4 is 46.9 Å². The quantitative estimate of drug-likeness (QED) is 0.270. The van der Waals surface area contributed by atoms with Gasteiger partial charge in [0.1, 0.15) is 5.75 Å². The van der Waals surface area contributed by atoms with E-state index in [1.165, 1.54) is 12.3 Å². The molecule has 0 spiro atoms. The lowest BCUT2D eigenvalue weighted by atomic mass is 10.1. The average Bonchev–Trinajstić information content (AvgIpc) is 2.80. The number of carbonyl (C=O) groups is 3. The van der Waals surface area contributed by atoms with E-state index in [9.17, 15) is 14.4 Å². The molecule has 3 amide bonds. The molecule has 0 radical (unpaired) electrons. The van der Waals surface area contributed by atoms with E-state index in [0.717, 1.165) is 11.1 Å². The van der Waals surface area contributed by atoms with Crippen molar-refractivity contribution < 1.29 is 19.1 Å². The van der Waals surface area contributed by atoms with Gasteiger partial charge in [-0.3, -0.25) is 14.4 Å². The molecular formula is C25H23ClN4O4. The highest BCUT2D eigenvalue weighted by molar-refractivity contribution is 6.39. The predicted molar refractivity (Wildman–Crippen MR) is 132 cm³/mol. The van der Waals surface area contributed by atoms with Crippen molar-refractivity contribution in [2.45, 2.75) is 13.8 Å². The Morgan fingerprint density at radius 1 is 0.882 bits per heavy atom. The van der Waals surface area contributed by atoms with Crippen molar-refractivity contribution in [2.24, 2.45) is 5.10 Å². The SMILES string of the molecule is Cc1ccc(NC(=O)COc2ccccc2/C=N\NC(=O)C(=O)Nc2cccc(Cl)c2)cc1C. The van der Waals surface area contributed by atoms with E-state index in [-0.39, 0.29) is 12.5 Å². The van der Waals surface area contributed by atoms with Gasteiger partial charge in [-0.1, -0.05) is 35.9 Å². The van der Waals surface area contributed by atoms with Crippen LogP contribution in [0.15, 0.2) is 71.8 Å². The Balaban J connectivity index is 1.53. The number of hydrazone groups is 1. The molecule has 3 aromatic rings. The number of rotatable bonds is 7. The molecule has 174 valence electrons. The maximum atomic E-state index is 12.3. The number of hydrogen-bond acceptors (Lipinski definition) is 5. The van der Waals surface area contributed by atoms with Crippen LogP contribution in [0, 0.1) is 13.8 Å². The van der Waals surface area contributed by atoms with Crippen LogP contribution in [0.1, 0.15) is 16.7 Å². The Morgan fingerprint density at radius 3 is 2.41 bits per heavy atom. The molecule has 9 heteroatoms. The van der Waals surface area contributed by atoms with Gasteiger partial charge in [-0.05, 0) is 67.4 Å². The highest BCUT2D eigenvalue weighted by Crippen LogP contribution is 2.17. The van der Waals surface area contributed by atoms with E-state index < -0.39 is 11.8 Å². The summed E-state index contributed by atoms with van der Waals surface area (Å²) in [6.07, 6.45) is 1.32. The molecule has 3 aromatic carbocycles. The molecule has 3 rings (SSSR count). The Kier molecular flexibility index (Phi) is 8.37.